The van der Waals surface area contributed by atoms with E-state index in [0.717, 1.165) is 22.8 Å². The van der Waals surface area contributed by atoms with Gasteiger partial charge in [0.15, 0.2) is 0 Å². The van der Waals surface area contributed by atoms with Gasteiger partial charge in [-0.25, -0.2) is 4.98 Å². The first-order valence-corrected chi connectivity index (χ1v) is 5.23. The first kappa shape index (κ1) is 10.7. The molecule has 0 bridgehead atoms. The van der Waals surface area contributed by atoms with Crippen LogP contribution in [0.4, 0.5) is 5.69 Å². The average Bonchev–Trinajstić information content (AvgIpc) is 2.68. The molecule has 0 saturated carbocycles. The molecule has 0 aliphatic rings. The van der Waals surface area contributed by atoms with Gasteiger partial charge in [0.25, 0.3) is 0 Å². The van der Waals surface area contributed by atoms with Crippen molar-refractivity contribution in [1.82, 2.24) is 14.8 Å². The molecule has 86 valence electrons. The first-order valence-electron chi connectivity index (χ1n) is 5.23. The summed E-state index contributed by atoms with van der Waals surface area (Å²) in [5.74, 6) is 1.58. The van der Waals surface area contributed by atoms with E-state index in [1.165, 1.54) is 0 Å². The van der Waals surface area contributed by atoms with E-state index in [1.807, 2.05) is 34.0 Å². The fourth-order valence-electron chi connectivity index (χ4n) is 1.56. The first-order chi connectivity index (χ1) is 7.56. The van der Waals surface area contributed by atoms with E-state index in [1.54, 1.807) is 4.68 Å². The van der Waals surface area contributed by atoms with Gasteiger partial charge in [-0.15, -0.1) is 0 Å². The van der Waals surface area contributed by atoms with Crippen LogP contribution in [-0.4, -0.2) is 14.8 Å². The maximum Gasteiger partial charge on any atom is 0.213 e. The molecule has 0 radical (unpaired) electrons. The number of aromatic nitrogens is 3. The summed E-state index contributed by atoms with van der Waals surface area (Å²) < 4.78 is 7.26. The number of hydrogen-bond donors (Lipinski definition) is 1. The third-order valence-electron chi connectivity index (χ3n) is 2.52. The van der Waals surface area contributed by atoms with Crippen LogP contribution in [0.3, 0.4) is 0 Å². The largest absolute Gasteiger partial charge is 0.444 e. The van der Waals surface area contributed by atoms with Crippen molar-refractivity contribution in [2.75, 3.05) is 5.32 Å². The molecule has 1 N–H and O–H groups in total. The minimum atomic E-state index is 0.585. The molecule has 0 aliphatic carbocycles. The molecule has 0 aromatic carbocycles. The van der Waals surface area contributed by atoms with Crippen LogP contribution in [-0.2, 0) is 13.6 Å². The molecule has 2 aromatic rings. The maximum absolute atomic E-state index is 5.48. The van der Waals surface area contributed by atoms with Gasteiger partial charge in [-0.1, -0.05) is 0 Å². The van der Waals surface area contributed by atoms with Crippen LogP contribution >= 0.6 is 0 Å². The van der Waals surface area contributed by atoms with Crippen LogP contribution in [0.25, 0.3) is 0 Å². The Labute approximate surface area is 94.5 Å². The van der Waals surface area contributed by atoms with Gasteiger partial charge >= 0.3 is 0 Å². The SMILES string of the molecule is Cc1nn(C)cc1NCc1nc(C)c(C)o1. The van der Waals surface area contributed by atoms with Crippen molar-refractivity contribution < 1.29 is 4.42 Å². The minimum Gasteiger partial charge on any atom is -0.444 e. The average molecular weight is 220 g/mol. The van der Waals surface area contributed by atoms with Crippen LogP contribution in [0.2, 0.25) is 0 Å². The van der Waals surface area contributed by atoms with Crippen molar-refractivity contribution in [1.29, 1.82) is 0 Å². The molecule has 0 atom stereocenters. The van der Waals surface area contributed by atoms with Gasteiger partial charge in [0, 0.05) is 13.2 Å². The fourth-order valence-corrected chi connectivity index (χ4v) is 1.56. The summed E-state index contributed by atoms with van der Waals surface area (Å²) in [5.41, 5.74) is 2.93. The summed E-state index contributed by atoms with van der Waals surface area (Å²) >= 11 is 0. The molecule has 5 nitrogen and oxygen atoms in total. The molecule has 0 spiro atoms. The number of aryl methyl sites for hydroxylation is 4. The van der Waals surface area contributed by atoms with Crippen LogP contribution in [0, 0.1) is 20.8 Å². The standard InChI is InChI=1S/C11H16N4O/c1-7-9(3)16-11(13-7)5-12-10-6-15(4)14-8(10)2/h6,12H,5H2,1-4H3. The molecular formula is C11H16N4O. The van der Waals surface area contributed by atoms with Gasteiger partial charge in [-0.3, -0.25) is 4.68 Å². The summed E-state index contributed by atoms with van der Waals surface area (Å²) in [7, 11) is 1.90. The van der Waals surface area contributed by atoms with Crippen molar-refractivity contribution in [3.63, 3.8) is 0 Å². The zero-order valence-corrected chi connectivity index (χ0v) is 10.0. The fraction of sp³-hybridized carbons (Fsp3) is 0.455. The zero-order chi connectivity index (χ0) is 11.7. The molecule has 0 saturated heterocycles. The van der Waals surface area contributed by atoms with Crippen molar-refractivity contribution in [3.8, 4) is 0 Å². The van der Waals surface area contributed by atoms with Gasteiger partial charge in [0.2, 0.25) is 5.89 Å². The Morgan fingerprint density at radius 3 is 2.56 bits per heavy atom. The molecule has 0 unspecified atom stereocenters. The van der Waals surface area contributed by atoms with E-state index >= 15 is 0 Å². The third kappa shape index (κ3) is 2.08. The normalized spacial score (nSPS) is 10.8. The van der Waals surface area contributed by atoms with Crippen LogP contribution in [0.5, 0.6) is 0 Å². The lowest BCUT2D eigenvalue weighted by molar-refractivity contribution is 0.478. The number of anilines is 1. The predicted molar refractivity (Wildman–Crippen MR) is 61.2 cm³/mol. The third-order valence-corrected chi connectivity index (χ3v) is 2.52. The molecule has 2 aromatic heterocycles. The Hall–Kier alpha value is -1.78. The highest BCUT2D eigenvalue weighted by Gasteiger charge is 2.07. The maximum atomic E-state index is 5.48. The van der Waals surface area contributed by atoms with Crippen LogP contribution < -0.4 is 5.32 Å². The highest BCUT2D eigenvalue weighted by Crippen LogP contribution is 2.14. The Morgan fingerprint density at radius 1 is 1.31 bits per heavy atom. The predicted octanol–water partition coefficient (Wildman–Crippen LogP) is 1.95. The lowest BCUT2D eigenvalue weighted by Gasteiger charge is -2.00. The van der Waals surface area contributed by atoms with Gasteiger partial charge in [-0.2, -0.15) is 5.10 Å². The molecule has 2 heterocycles. The van der Waals surface area contributed by atoms with Crippen molar-refractivity contribution >= 4 is 5.69 Å². The van der Waals surface area contributed by atoms with Crippen LogP contribution in [0.1, 0.15) is 23.0 Å². The highest BCUT2D eigenvalue weighted by molar-refractivity contribution is 5.45. The Balaban J connectivity index is 2.04. The summed E-state index contributed by atoms with van der Waals surface area (Å²) in [5, 5.41) is 7.50. The smallest absolute Gasteiger partial charge is 0.213 e. The summed E-state index contributed by atoms with van der Waals surface area (Å²) in [6.45, 7) is 6.41. The van der Waals surface area contributed by atoms with Gasteiger partial charge < -0.3 is 9.73 Å². The monoisotopic (exact) mass is 220 g/mol. The Kier molecular flexibility index (Phi) is 2.68. The Morgan fingerprint density at radius 2 is 2.06 bits per heavy atom. The van der Waals surface area contributed by atoms with E-state index < -0.39 is 0 Å². The van der Waals surface area contributed by atoms with Gasteiger partial charge in [0.1, 0.15) is 5.76 Å². The van der Waals surface area contributed by atoms with Crippen molar-refractivity contribution in [2.45, 2.75) is 27.3 Å². The minimum absolute atomic E-state index is 0.585. The molecule has 0 amide bonds. The molecule has 16 heavy (non-hydrogen) atoms. The number of nitrogens with zero attached hydrogens (tertiary/aromatic N) is 3. The van der Waals surface area contributed by atoms with E-state index in [9.17, 15) is 0 Å². The van der Waals surface area contributed by atoms with E-state index in [4.69, 9.17) is 4.42 Å². The molecular weight excluding hydrogens is 204 g/mol. The van der Waals surface area contributed by atoms with E-state index in [2.05, 4.69) is 15.4 Å². The topological polar surface area (TPSA) is 55.9 Å². The second-order valence-corrected chi connectivity index (χ2v) is 3.90. The highest BCUT2D eigenvalue weighted by atomic mass is 16.4. The van der Waals surface area contributed by atoms with Crippen LogP contribution in [0.15, 0.2) is 10.6 Å². The summed E-state index contributed by atoms with van der Waals surface area (Å²) in [6.07, 6.45) is 1.94. The molecule has 5 heteroatoms. The molecule has 0 fully saturated rings. The number of rotatable bonds is 3. The van der Waals surface area contributed by atoms with Gasteiger partial charge in [-0.05, 0) is 20.8 Å². The zero-order valence-electron chi connectivity index (χ0n) is 10.0. The number of oxazole rings is 1. The van der Waals surface area contributed by atoms with Gasteiger partial charge in [0.05, 0.1) is 23.6 Å². The summed E-state index contributed by atoms with van der Waals surface area (Å²) in [6, 6.07) is 0. The summed E-state index contributed by atoms with van der Waals surface area (Å²) in [4.78, 5) is 4.31. The second-order valence-electron chi connectivity index (χ2n) is 3.90. The van der Waals surface area contributed by atoms with Crippen molar-refractivity contribution in [3.05, 3.63) is 29.2 Å². The lowest BCUT2D eigenvalue weighted by Crippen LogP contribution is -1.99. The number of hydrogen-bond acceptors (Lipinski definition) is 4. The second kappa shape index (κ2) is 4.00. The Bertz CT molecular complexity index is 479. The molecule has 0 aliphatic heterocycles. The number of nitrogens with one attached hydrogen (secondary N) is 1. The molecule has 2 rings (SSSR count). The van der Waals surface area contributed by atoms with Crippen molar-refractivity contribution in [2.24, 2.45) is 7.05 Å². The van der Waals surface area contributed by atoms with E-state index in [0.29, 0.717) is 12.4 Å². The lowest BCUT2D eigenvalue weighted by atomic mass is 10.4. The quantitative estimate of drug-likeness (QED) is 0.858. The van der Waals surface area contributed by atoms with E-state index in [-0.39, 0.29) is 0 Å².